The molecule has 29 heavy (non-hydrogen) atoms. The highest BCUT2D eigenvalue weighted by Crippen LogP contribution is 2.43. The van der Waals surface area contributed by atoms with Crippen LogP contribution in [-0.2, 0) is 9.47 Å². The van der Waals surface area contributed by atoms with Gasteiger partial charge in [0.05, 0.1) is 24.9 Å². The molecule has 0 atom stereocenters. The highest BCUT2D eigenvalue weighted by atomic mass is 35.5. The van der Waals surface area contributed by atoms with Crippen LogP contribution >= 0.6 is 11.6 Å². The van der Waals surface area contributed by atoms with E-state index in [2.05, 4.69) is 5.10 Å². The molecule has 1 aliphatic rings. The quantitative estimate of drug-likeness (QED) is 0.603. The van der Waals surface area contributed by atoms with Gasteiger partial charge in [0.1, 0.15) is 11.3 Å². The Labute approximate surface area is 170 Å². The predicted octanol–water partition coefficient (Wildman–Crippen LogP) is 3.49. The number of nitrogens with zero attached hydrogens (tertiary/aromatic N) is 2. The van der Waals surface area contributed by atoms with E-state index in [1.54, 1.807) is 36.4 Å². The summed E-state index contributed by atoms with van der Waals surface area (Å²) in [5.41, 5.74) is 1.12. The lowest BCUT2D eigenvalue weighted by Gasteiger charge is -2.07. The largest absolute Gasteiger partial charge is 0.465 e. The molecule has 0 aliphatic carbocycles. The number of carbonyl (C=O) groups excluding carboxylic acids is 2. The van der Waals surface area contributed by atoms with E-state index >= 15 is 0 Å². The molecular formula is C20H15ClN2O6. The molecule has 0 unspecified atom stereocenters. The van der Waals surface area contributed by atoms with Crippen LogP contribution < -0.4 is 9.47 Å². The zero-order valence-electron chi connectivity index (χ0n) is 15.5. The number of fused-ring (bicyclic) bond motifs is 1. The zero-order valence-corrected chi connectivity index (χ0v) is 16.2. The van der Waals surface area contributed by atoms with Crippen molar-refractivity contribution in [3.8, 4) is 28.4 Å². The minimum atomic E-state index is -0.739. The van der Waals surface area contributed by atoms with Gasteiger partial charge in [0.2, 0.25) is 6.79 Å². The van der Waals surface area contributed by atoms with Gasteiger partial charge >= 0.3 is 11.9 Å². The second kappa shape index (κ2) is 7.48. The van der Waals surface area contributed by atoms with Crippen molar-refractivity contribution in [3.05, 3.63) is 58.7 Å². The van der Waals surface area contributed by atoms with E-state index in [4.69, 9.17) is 30.5 Å². The number of hydrogen-bond acceptors (Lipinski definition) is 7. The van der Waals surface area contributed by atoms with Crippen molar-refractivity contribution in [2.45, 2.75) is 0 Å². The molecule has 0 N–H and O–H groups in total. The van der Waals surface area contributed by atoms with E-state index in [1.165, 1.54) is 18.9 Å². The van der Waals surface area contributed by atoms with Crippen LogP contribution in [0.15, 0.2) is 42.5 Å². The van der Waals surface area contributed by atoms with E-state index in [0.717, 1.165) is 0 Å². The van der Waals surface area contributed by atoms with Gasteiger partial charge in [0.15, 0.2) is 17.2 Å². The Balaban J connectivity index is 2.02. The minimum Gasteiger partial charge on any atom is -0.465 e. The number of carbonyl (C=O) groups is 2. The fourth-order valence-electron chi connectivity index (χ4n) is 3.06. The Morgan fingerprint density at radius 3 is 2.48 bits per heavy atom. The maximum Gasteiger partial charge on any atom is 0.357 e. The van der Waals surface area contributed by atoms with E-state index in [-0.39, 0.29) is 23.7 Å². The standard InChI is InChI=1S/C20H15ClN2O6/c1-26-19(24)15-16(11-8-13(21)18-14(9-11)28-10-29-18)22-23(17(15)20(25)27-2)12-6-4-3-5-7-12/h3-9H,10H2,1-2H3. The lowest BCUT2D eigenvalue weighted by atomic mass is 10.0. The highest BCUT2D eigenvalue weighted by Gasteiger charge is 2.32. The van der Waals surface area contributed by atoms with Crippen LogP contribution in [0.5, 0.6) is 11.5 Å². The monoisotopic (exact) mass is 414 g/mol. The van der Waals surface area contributed by atoms with Crippen molar-refractivity contribution < 1.29 is 28.5 Å². The lowest BCUT2D eigenvalue weighted by molar-refractivity contribution is 0.0549. The van der Waals surface area contributed by atoms with Crippen LogP contribution in [-0.4, -0.2) is 42.7 Å². The summed E-state index contributed by atoms with van der Waals surface area (Å²) in [7, 11) is 2.45. The molecule has 9 heteroatoms. The third kappa shape index (κ3) is 3.17. The van der Waals surface area contributed by atoms with Crippen LogP contribution in [0.1, 0.15) is 20.8 Å². The Morgan fingerprint density at radius 1 is 1.07 bits per heavy atom. The molecule has 4 rings (SSSR count). The van der Waals surface area contributed by atoms with Crippen LogP contribution in [0.25, 0.3) is 16.9 Å². The van der Waals surface area contributed by atoms with Gasteiger partial charge in [-0.05, 0) is 24.3 Å². The summed E-state index contributed by atoms with van der Waals surface area (Å²) in [4.78, 5) is 25.2. The number of halogens is 1. The Hall–Kier alpha value is -3.52. The van der Waals surface area contributed by atoms with E-state index in [0.29, 0.717) is 27.8 Å². The number of ether oxygens (including phenoxy) is 4. The first-order valence-electron chi connectivity index (χ1n) is 8.49. The number of benzene rings is 2. The highest BCUT2D eigenvalue weighted by molar-refractivity contribution is 6.32. The third-order valence-corrected chi connectivity index (χ3v) is 4.64. The molecule has 0 radical (unpaired) electrons. The van der Waals surface area contributed by atoms with Crippen LogP contribution in [0.2, 0.25) is 5.02 Å². The Bertz CT molecular complexity index is 1110. The summed E-state index contributed by atoms with van der Waals surface area (Å²) in [6.45, 7) is 0.0359. The first kappa shape index (κ1) is 18.8. The summed E-state index contributed by atoms with van der Waals surface area (Å²) in [5.74, 6) is -0.654. The Morgan fingerprint density at radius 2 is 1.79 bits per heavy atom. The molecule has 3 aromatic rings. The molecule has 0 spiro atoms. The second-order valence-corrected chi connectivity index (χ2v) is 6.40. The fourth-order valence-corrected chi connectivity index (χ4v) is 3.33. The number of methoxy groups -OCH3 is 2. The average molecular weight is 415 g/mol. The van der Waals surface area contributed by atoms with Crippen molar-refractivity contribution in [3.63, 3.8) is 0 Å². The molecule has 0 amide bonds. The van der Waals surface area contributed by atoms with Gasteiger partial charge in [-0.25, -0.2) is 14.3 Å². The van der Waals surface area contributed by atoms with Crippen molar-refractivity contribution >= 4 is 23.5 Å². The van der Waals surface area contributed by atoms with Crippen LogP contribution in [0.3, 0.4) is 0 Å². The summed E-state index contributed by atoms with van der Waals surface area (Å²) < 4.78 is 21.9. The molecule has 0 fully saturated rings. The summed E-state index contributed by atoms with van der Waals surface area (Å²) in [5, 5.41) is 4.81. The summed E-state index contributed by atoms with van der Waals surface area (Å²) in [6, 6.07) is 12.1. The normalized spacial score (nSPS) is 12.0. The van der Waals surface area contributed by atoms with E-state index in [1.807, 2.05) is 6.07 Å². The third-order valence-electron chi connectivity index (χ3n) is 4.36. The van der Waals surface area contributed by atoms with E-state index < -0.39 is 11.9 Å². The molecule has 148 valence electrons. The van der Waals surface area contributed by atoms with Crippen LogP contribution in [0.4, 0.5) is 0 Å². The SMILES string of the molecule is COC(=O)c1c(-c2cc(Cl)c3c(c2)OCO3)nn(-c2ccccc2)c1C(=O)OC. The molecule has 1 aromatic heterocycles. The van der Waals surface area contributed by atoms with Gasteiger partial charge in [0.25, 0.3) is 0 Å². The molecular weight excluding hydrogens is 400 g/mol. The van der Waals surface area contributed by atoms with Crippen molar-refractivity contribution in [1.82, 2.24) is 9.78 Å². The Kier molecular flexibility index (Phi) is 4.85. The van der Waals surface area contributed by atoms with Gasteiger partial charge in [0, 0.05) is 5.56 Å². The molecule has 1 aliphatic heterocycles. The second-order valence-electron chi connectivity index (χ2n) is 5.99. The van der Waals surface area contributed by atoms with Crippen molar-refractivity contribution in [1.29, 1.82) is 0 Å². The van der Waals surface area contributed by atoms with Gasteiger partial charge in [-0.1, -0.05) is 29.8 Å². The molecule has 0 saturated heterocycles. The number of rotatable bonds is 4. The van der Waals surface area contributed by atoms with Gasteiger partial charge in [-0.15, -0.1) is 0 Å². The molecule has 0 saturated carbocycles. The van der Waals surface area contributed by atoms with Gasteiger partial charge in [-0.2, -0.15) is 5.10 Å². The smallest absolute Gasteiger partial charge is 0.357 e. The molecule has 0 bridgehead atoms. The van der Waals surface area contributed by atoms with Crippen molar-refractivity contribution in [2.24, 2.45) is 0 Å². The number of esters is 2. The number of aromatic nitrogens is 2. The van der Waals surface area contributed by atoms with Crippen molar-refractivity contribution in [2.75, 3.05) is 21.0 Å². The lowest BCUT2D eigenvalue weighted by Crippen LogP contribution is -2.15. The van der Waals surface area contributed by atoms with Gasteiger partial charge in [-0.3, -0.25) is 0 Å². The topological polar surface area (TPSA) is 88.9 Å². The molecule has 2 heterocycles. The fraction of sp³-hybridized carbons (Fsp3) is 0.150. The van der Waals surface area contributed by atoms with Crippen LogP contribution in [0, 0.1) is 0 Å². The summed E-state index contributed by atoms with van der Waals surface area (Å²) >= 11 is 6.30. The maximum absolute atomic E-state index is 12.6. The summed E-state index contributed by atoms with van der Waals surface area (Å²) in [6.07, 6.45) is 0. The number of hydrogen-bond donors (Lipinski definition) is 0. The maximum atomic E-state index is 12.6. The first-order chi connectivity index (χ1) is 14.0. The minimum absolute atomic E-state index is 0.0359. The molecule has 8 nitrogen and oxygen atoms in total. The molecule has 2 aromatic carbocycles. The predicted molar refractivity (Wildman–Crippen MR) is 103 cm³/mol. The average Bonchev–Trinajstić information content (AvgIpc) is 3.38. The zero-order chi connectivity index (χ0) is 20.5. The van der Waals surface area contributed by atoms with E-state index in [9.17, 15) is 9.59 Å². The van der Waals surface area contributed by atoms with Gasteiger partial charge < -0.3 is 18.9 Å². The first-order valence-corrected chi connectivity index (χ1v) is 8.87. The number of para-hydroxylation sites is 1.